The van der Waals surface area contributed by atoms with E-state index < -0.39 is 11.8 Å². The number of amides is 1. The third kappa shape index (κ3) is 3.34. The highest BCUT2D eigenvalue weighted by atomic mass is 19.1. The van der Waals surface area contributed by atoms with Crippen LogP contribution in [0, 0.1) is 5.82 Å². The van der Waals surface area contributed by atoms with Gasteiger partial charge in [-0.2, -0.15) is 0 Å². The fourth-order valence-electron chi connectivity index (χ4n) is 2.75. The van der Waals surface area contributed by atoms with Crippen molar-refractivity contribution in [3.05, 3.63) is 95.8 Å². The van der Waals surface area contributed by atoms with Gasteiger partial charge in [-0.1, -0.05) is 66.7 Å². The van der Waals surface area contributed by atoms with Gasteiger partial charge in [-0.25, -0.2) is 9.87 Å². The zero-order valence-electron chi connectivity index (χ0n) is 12.8. The van der Waals surface area contributed by atoms with Crippen LogP contribution in [0.4, 0.5) is 4.39 Å². The summed E-state index contributed by atoms with van der Waals surface area (Å²) in [6.45, 7) is 0. The van der Waals surface area contributed by atoms with Crippen molar-refractivity contribution in [2.75, 3.05) is 0 Å². The second-order valence-electron chi connectivity index (χ2n) is 5.45. The zero-order chi connectivity index (χ0) is 16.9. The molecule has 1 amide bonds. The van der Waals surface area contributed by atoms with E-state index in [1.807, 2.05) is 54.6 Å². The maximum atomic E-state index is 13.1. The lowest BCUT2D eigenvalue weighted by atomic mass is 9.89. The lowest BCUT2D eigenvalue weighted by molar-refractivity contribution is -0.129. The largest absolute Gasteiger partial charge is 0.289 e. The van der Waals surface area contributed by atoms with Gasteiger partial charge >= 0.3 is 0 Å². The molecule has 3 aromatic rings. The Labute approximate surface area is 139 Å². The Morgan fingerprint density at radius 2 is 1.50 bits per heavy atom. The topological polar surface area (TPSA) is 49.3 Å². The fourth-order valence-corrected chi connectivity index (χ4v) is 2.75. The van der Waals surface area contributed by atoms with Crippen LogP contribution in [0.5, 0.6) is 0 Å². The third-order valence-corrected chi connectivity index (χ3v) is 3.90. The fraction of sp³-hybridized carbons (Fsp3) is 0.0500. The minimum atomic E-state index is -0.628. The number of hydroxylamine groups is 1. The van der Waals surface area contributed by atoms with Crippen LogP contribution in [-0.4, -0.2) is 11.1 Å². The number of carbonyl (C=O) groups is 1. The van der Waals surface area contributed by atoms with Gasteiger partial charge in [0.15, 0.2) is 0 Å². The Balaban J connectivity index is 2.04. The van der Waals surface area contributed by atoms with Crippen LogP contribution in [0.25, 0.3) is 11.1 Å². The van der Waals surface area contributed by atoms with E-state index in [1.54, 1.807) is 17.6 Å². The Morgan fingerprint density at radius 1 is 0.833 bits per heavy atom. The number of halogens is 1. The van der Waals surface area contributed by atoms with Gasteiger partial charge in [0.25, 0.3) is 5.91 Å². The molecule has 4 heteroatoms. The Morgan fingerprint density at radius 3 is 2.17 bits per heavy atom. The molecule has 0 aliphatic rings. The normalized spacial score (nSPS) is 11.8. The number of nitrogens with one attached hydrogen (secondary N) is 1. The first-order valence-electron chi connectivity index (χ1n) is 7.54. The molecule has 0 bridgehead atoms. The molecule has 0 saturated heterocycles. The zero-order valence-corrected chi connectivity index (χ0v) is 12.8. The molecule has 0 spiro atoms. The van der Waals surface area contributed by atoms with Crippen molar-refractivity contribution >= 4 is 5.91 Å². The summed E-state index contributed by atoms with van der Waals surface area (Å²) in [4.78, 5) is 12.2. The highest BCUT2D eigenvalue weighted by Gasteiger charge is 2.22. The summed E-state index contributed by atoms with van der Waals surface area (Å²) in [5, 5.41) is 9.10. The van der Waals surface area contributed by atoms with Crippen LogP contribution in [0.3, 0.4) is 0 Å². The average Bonchev–Trinajstić information content (AvgIpc) is 2.63. The van der Waals surface area contributed by atoms with Crippen LogP contribution in [-0.2, 0) is 4.79 Å². The third-order valence-electron chi connectivity index (χ3n) is 3.90. The molecular weight excluding hydrogens is 305 g/mol. The first-order chi connectivity index (χ1) is 11.7. The van der Waals surface area contributed by atoms with E-state index in [4.69, 9.17) is 5.21 Å². The summed E-state index contributed by atoms with van der Waals surface area (Å²) in [6.07, 6.45) is 0. The van der Waals surface area contributed by atoms with E-state index in [0.29, 0.717) is 0 Å². The highest BCUT2D eigenvalue weighted by molar-refractivity contribution is 5.86. The molecule has 3 nitrogen and oxygen atoms in total. The molecule has 0 saturated carbocycles. The summed E-state index contributed by atoms with van der Waals surface area (Å²) >= 11 is 0. The second-order valence-corrected chi connectivity index (χ2v) is 5.45. The average molecular weight is 321 g/mol. The van der Waals surface area contributed by atoms with Crippen LogP contribution in [0.2, 0.25) is 0 Å². The van der Waals surface area contributed by atoms with E-state index in [0.717, 1.165) is 22.3 Å². The molecule has 3 aromatic carbocycles. The lowest BCUT2D eigenvalue weighted by Crippen LogP contribution is -2.27. The van der Waals surface area contributed by atoms with Crippen molar-refractivity contribution in [1.29, 1.82) is 0 Å². The van der Waals surface area contributed by atoms with Crippen LogP contribution >= 0.6 is 0 Å². The maximum Gasteiger partial charge on any atom is 0.255 e. The van der Waals surface area contributed by atoms with Gasteiger partial charge in [-0.15, -0.1) is 0 Å². The molecule has 0 radical (unpaired) electrons. The van der Waals surface area contributed by atoms with Gasteiger partial charge in [-0.3, -0.25) is 10.0 Å². The van der Waals surface area contributed by atoms with Gasteiger partial charge in [0, 0.05) is 0 Å². The standard InChI is InChI=1S/C20H16FNO2/c21-18-11-9-14(10-12-18)16-7-4-8-17(13-16)19(20(23)22-24)15-5-2-1-3-6-15/h1-13,19,24H,(H,22,23). The van der Waals surface area contributed by atoms with E-state index in [2.05, 4.69) is 0 Å². The van der Waals surface area contributed by atoms with Crippen LogP contribution < -0.4 is 5.48 Å². The first-order valence-corrected chi connectivity index (χ1v) is 7.54. The van der Waals surface area contributed by atoms with Crippen molar-refractivity contribution in [2.45, 2.75) is 5.92 Å². The van der Waals surface area contributed by atoms with E-state index in [-0.39, 0.29) is 5.82 Å². The van der Waals surface area contributed by atoms with Crippen molar-refractivity contribution in [3.8, 4) is 11.1 Å². The monoisotopic (exact) mass is 321 g/mol. The molecule has 0 heterocycles. The molecule has 0 fully saturated rings. The van der Waals surface area contributed by atoms with Gasteiger partial charge in [0.05, 0.1) is 5.92 Å². The lowest BCUT2D eigenvalue weighted by Gasteiger charge is -2.17. The molecule has 3 rings (SSSR count). The first kappa shape index (κ1) is 15.9. The van der Waals surface area contributed by atoms with Crippen molar-refractivity contribution in [2.24, 2.45) is 0 Å². The van der Waals surface area contributed by atoms with Crippen LogP contribution in [0.1, 0.15) is 17.0 Å². The summed E-state index contributed by atoms with van der Waals surface area (Å²) in [6, 6.07) is 22.9. The van der Waals surface area contributed by atoms with Crippen molar-refractivity contribution in [1.82, 2.24) is 5.48 Å². The van der Waals surface area contributed by atoms with Gasteiger partial charge in [0.1, 0.15) is 5.82 Å². The Kier molecular flexibility index (Phi) is 4.68. The molecule has 2 N–H and O–H groups in total. The minimum Gasteiger partial charge on any atom is -0.289 e. The molecule has 24 heavy (non-hydrogen) atoms. The Hall–Kier alpha value is -2.98. The summed E-state index contributed by atoms with van der Waals surface area (Å²) < 4.78 is 13.1. The Bertz CT molecular complexity index is 832. The minimum absolute atomic E-state index is 0.295. The SMILES string of the molecule is O=C(NO)C(c1ccccc1)c1cccc(-c2ccc(F)cc2)c1. The molecule has 120 valence electrons. The quantitative estimate of drug-likeness (QED) is 0.561. The summed E-state index contributed by atoms with van der Waals surface area (Å²) in [5.74, 6) is -1.43. The number of hydrogen-bond acceptors (Lipinski definition) is 2. The molecular formula is C20H16FNO2. The summed E-state index contributed by atoms with van der Waals surface area (Å²) in [5.41, 5.74) is 4.99. The molecule has 1 atom stereocenters. The molecule has 1 unspecified atom stereocenters. The molecule has 0 aromatic heterocycles. The number of benzene rings is 3. The number of hydrogen-bond donors (Lipinski definition) is 2. The van der Waals surface area contributed by atoms with Crippen molar-refractivity contribution in [3.63, 3.8) is 0 Å². The highest BCUT2D eigenvalue weighted by Crippen LogP contribution is 2.29. The summed E-state index contributed by atoms with van der Waals surface area (Å²) in [7, 11) is 0. The predicted molar refractivity (Wildman–Crippen MR) is 90.1 cm³/mol. The number of carbonyl (C=O) groups excluding carboxylic acids is 1. The number of rotatable bonds is 4. The molecule has 0 aliphatic carbocycles. The molecule has 0 aliphatic heterocycles. The van der Waals surface area contributed by atoms with Gasteiger partial charge in [0.2, 0.25) is 0 Å². The van der Waals surface area contributed by atoms with Crippen molar-refractivity contribution < 1.29 is 14.4 Å². The van der Waals surface area contributed by atoms with Crippen LogP contribution in [0.15, 0.2) is 78.9 Å². The predicted octanol–water partition coefficient (Wildman–Crippen LogP) is 4.13. The van der Waals surface area contributed by atoms with E-state index in [9.17, 15) is 9.18 Å². The van der Waals surface area contributed by atoms with E-state index >= 15 is 0 Å². The smallest absolute Gasteiger partial charge is 0.255 e. The van der Waals surface area contributed by atoms with E-state index in [1.165, 1.54) is 12.1 Å². The maximum absolute atomic E-state index is 13.1. The second kappa shape index (κ2) is 7.06. The van der Waals surface area contributed by atoms with Gasteiger partial charge < -0.3 is 0 Å². The van der Waals surface area contributed by atoms with Gasteiger partial charge in [-0.05, 0) is 34.4 Å².